The van der Waals surface area contributed by atoms with Crippen LogP contribution in [0.5, 0.6) is 0 Å². The van der Waals surface area contributed by atoms with Crippen LogP contribution in [0.1, 0.15) is 10.4 Å². The van der Waals surface area contributed by atoms with Crippen molar-refractivity contribution in [1.29, 1.82) is 0 Å². The van der Waals surface area contributed by atoms with E-state index in [0.29, 0.717) is 46.8 Å². The summed E-state index contributed by atoms with van der Waals surface area (Å²) in [5.41, 5.74) is 2.10. The van der Waals surface area contributed by atoms with Crippen LogP contribution in [-0.2, 0) is 0 Å². The zero-order chi connectivity index (χ0) is 20.2. The standard InChI is InChI=1S/C20H7Br4O4.Na.H2O/c21-8-5-11-15(9-3-1-2-4-10(9)20(26)27)12-7-13(22)17(25)16(24)19(12)28-18(11)14(23)6-8;;/h1-5,7H,(H,26,27);;1H2/q-1;+1;/p-1. The molecular weight excluding hydrogens is 663 g/mol. The number of aromatic carboxylic acids is 1. The van der Waals surface area contributed by atoms with E-state index < -0.39 is 5.97 Å². The molecule has 2 aliphatic rings. The van der Waals surface area contributed by atoms with Gasteiger partial charge in [-0.2, -0.15) is 6.07 Å². The summed E-state index contributed by atoms with van der Waals surface area (Å²) in [5, 5.41) is 10.4. The summed E-state index contributed by atoms with van der Waals surface area (Å²) in [5.74, 6) is -0.718. The molecule has 0 aromatic heterocycles. The normalized spacial score (nSPS) is 10.5. The van der Waals surface area contributed by atoms with Gasteiger partial charge in [-0.1, -0.05) is 64.4 Å². The summed E-state index contributed by atoms with van der Waals surface area (Å²) in [6.07, 6.45) is 0. The van der Waals surface area contributed by atoms with Crippen LogP contribution in [0.2, 0.25) is 0 Å². The minimum absolute atomic E-state index is 0. The number of benzene rings is 3. The third-order valence-corrected chi connectivity index (χ3v) is 6.54. The third kappa shape index (κ3) is 4.36. The molecule has 0 amide bonds. The van der Waals surface area contributed by atoms with Gasteiger partial charge in [0.2, 0.25) is 5.43 Å². The quantitative estimate of drug-likeness (QED) is 0.198. The fraction of sp³-hybridized carbons (Fsp3) is 0. The van der Waals surface area contributed by atoms with Crippen molar-refractivity contribution in [3.63, 3.8) is 0 Å². The molecule has 2 N–H and O–H groups in total. The van der Waals surface area contributed by atoms with Crippen molar-refractivity contribution < 1.29 is 49.4 Å². The fourth-order valence-corrected chi connectivity index (χ4v) is 5.49. The smallest absolute Gasteiger partial charge is 0.870 e. The number of fused-ring (bicyclic) bond motifs is 2. The molecular formula is C20H8Br4NaO5-. The van der Waals surface area contributed by atoms with Crippen molar-refractivity contribution in [1.82, 2.24) is 0 Å². The first-order chi connectivity index (χ1) is 13.3. The maximum absolute atomic E-state index is 12.4. The summed E-state index contributed by atoms with van der Waals surface area (Å²) in [7, 11) is 0. The predicted molar refractivity (Wildman–Crippen MR) is 123 cm³/mol. The Labute approximate surface area is 226 Å². The van der Waals surface area contributed by atoms with Gasteiger partial charge in [0.05, 0.1) is 10.0 Å². The summed E-state index contributed by atoms with van der Waals surface area (Å²) in [6.45, 7) is 0. The number of carbonyl (C=O) groups is 1. The van der Waals surface area contributed by atoms with Crippen LogP contribution in [0, 0.1) is 6.07 Å². The van der Waals surface area contributed by atoms with E-state index in [1.165, 1.54) is 0 Å². The SMILES string of the molecule is O=C(O)c1ccccc1-c1c2cc(Br)c(=O)c(Br)c-2oc2c(Br)[c-]c(Br)cc12.[Na+].[OH-]. The third-order valence-electron chi connectivity index (χ3n) is 4.25. The number of carboxylic acid groups (broad SMARTS) is 1. The number of rotatable bonds is 2. The largest absolute Gasteiger partial charge is 1.00 e. The molecule has 10 heteroatoms. The van der Waals surface area contributed by atoms with Gasteiger partial charge in [-0.15, -0.1) is 6.07 Å². The van der Waals surface area contributed by atoms with Crippen molar-refractivity contribution in [2.24, 2.45) is 0 Å². The van der Waals surface area contributed by atoms with Crippen LogP contribution >= 0.6 is 63.7 Å². The molecule has 148 valence electrons. The minimum Gasteiger partial charge on any atom is -0.870 e. The first kappa shape index (κ1) is 25.7. The van der Waals surface area contributed by atoms with Crippen molar-refractivity contribution in [2.75, 3.05) is 0 Å². The first-order valence-electron chi connectivity index (χ1n) is 7.78. The van der Waals surface area contributed by atoms with E-state index in [2.05, 4.69) is 69.8 Å². The molecule has 0 atom stereocenters. The summed E-state index contributed by atoms with van der Waals surface area (Å²) >= 11 is 13.5. The van der Waals surface area contributed by atoms with E-state index in [4.69, 9.17) is 4.42 Å². The van der Waals surface area contributed by atoms with Gasteiger partial charge in [-0.25, -0.2) is 4.79 Å². The van der Waals surface area contributed by atoms with Gasteiger partial charge in [0.1, 0.15) is 10.2 Å². The molecule has 0 saturated carbocycles. The van der Waals surface area contributed by atoms with Gasteiger partial charge < -0.3 is 15.0 Å². The molecule has 1 heterocycles. The average molecular weight is 671 g/mol. The van der Waals surface area contributed by atoms with Crippen LogP contribution in [0.4, 0.5) is 0 Å². The predicted octanol–water partition coefficient (Wildman–Crippen LogP) is 3.94. The van der Waals surface area contributed by atoms with Crippen LogP contribution in [-0.4, -0.2) is 16.6 Å². The van der Waals surface area contributed by atoms with Gasteiger partial charge in [-0.05, 0) is 55.1 Å². The molecule has 0 bridgehead atoms. The maximum atomic E-state index is 12.4. The molecule has 0 radical (unpaired) electrons. The van der Waals surface area contributed by atoms with E-state index in [1.807, 2.05) is 6.07 Å². The van der Waals surface area contributed by atoms with Crippen molar-refractivity contribution in [2.45, 2.75) is 0 Å². The van der Waals surface area contributed by atoms with Gasteiger partial charge in [-0.3, -0.25) is 4.79 Å². The molecule has 2 aromatic carbocycles. The fourth-order valence-electron chi connectivity index (χ4n) is 3.09. The van der Waals surface area contributed by atoms with Gasteiger partial charge in [0.15, 0.2) is 0 Å². The average Bonchev–Trinajstić information content (AvgIpc) is 2.65. The number of hydrogen-bond donors (Lipinski definition) is 1. The van der Waals surface area contributed by atoms with Crippen molar-refractivity contribution in [3.05, 3.63) is 76.1 Å². The molecule has 0 fully saturated rings. The van der Waals surface area contributed by atoms with E-state index >= 15 is 0 Å². The Morgan fingerprint density at radius 2 is 1.70 bits per heavy atom. The Morgan fingerprint density at radius 3 is 2.37 bits per heavy atom. The monoisotopic (exact) mass is 667 g/mol. The zero-order valence-electron chi connectivity index (χ0n) is 15.1. The van der Waals surface area contributed by atoms with Gasteiger partial charge >= 0.3 is 35.5 Å². The van der Waals surface area contributed by atoms with Crippen molar-refractivity contribution >= 4 is 80.7 Å². The van der Waals surface area contributed by atoms with Crippen LogP contribution < -0.4 is 35.0 Å². The summed E-state index contributed by atoms with van der Waals surface area (Å²) < 4.78 is 7.87. The molecule has 0 saturated heterocycles. The summed E-state index contributed by atoms with van der Waals surface area (Å²) in [6, 6.07) is 13.3. The van der Waals surface area contributed by atoms with Crippen LogP contribution in [0.15, 0.2) is 63.5 Å². The van der Waals surface area contributed by atoms with Gasteiger partial charge in [0, 0.05) is 11.1 Å². The molecule has 1 aliphatic carbocycles. The van der Waals surface area contributed by atoms with E-state index in [9.17, 15) is 14.7 Å². The van der Waals surface area contributed by atoms with E-state index in [1.54, 1.807) is 30.3 Å². The molecule has 2 aromatic rings. The summed E-state index contributed by atoms with van der Waals surface area (Å²) in [4.78, 5) is 24.3. The molecule has 30 heavy (non-hydrogen) atoms. The molecule has 1 aliphatic heterocycles. The Balaban J connectivity index is 0.00000160. The Bertz CT molecular complexity index is 1320. The number of hydrogen-bond acceptors (Lipinski definition) is 4. The number of carboxylic acids is 1. The zero-order valence-corrected chi connectivity index (χ0v) is 23.4. The molecule has 5 nitrogen and oxygen atoms in total. The second kappa shape index (κ2) is 9.95. The van der Waals surface area contributed by atoms with Crippen molar-refractivity contribution in [3.8, 4) is 22.5 Å². The molecule has 0 spiro atoms. The number of halogens is 4. The topological polar surface area (TPSA) is 97.5 Å². The maximum Gasteiger partial charge on any atom is 1.00 e. The van der Waals surface area contributed by atoms with E-state index in [0.717, 1.165) is 0 Å². The minimum atomic E-state index is -1.04. The van der Waals surface area contributed by atoms with Gasteiger partial charge in [0.25, 0.3) is 0 Å². The van der Waals surface area contributed by atoms with E-state index in [-0.39, 0.29) is 50.5 Å². The molecule has 4 rings (SSSR count). The first-order valence-corrected chi connectivity index (χ1v) is 11.0. The van der Waals surface area contributed by atoms with Crippen LogP contribution in [0.25, 0.3) is 33.4 Å². The second-order valence-corrected chi connectivity index (χ2v) is 9.17. The Kier molecular flexibility index (Phi) is 8.54. The Hall–Kier alpha value is -0.520. The Morgan fingerprint density at radius 1 is 1.03 bits per heavy atom. The second-order valence-electron chi connectivity index (χ2n) is 5.88. The molecule has 0 unspecified atom stereocenters. The van der Waals surface area contributed by atoms with Crippen LogP contribution in [0.3, 0.4) is 0 Å².